The summed E-state index contributed by atoms with van der Waals surface area (Å²) in [5.41, 5.74) is 3.77. The summed E-state index contributed by atoms with van der Waals surface area (Å²) in [6, 6.07) is 5.82. The van der Waals surface area contributed by atoms with Crippen molar-refractivity contribution >= 4 is 17.5 Å². The fraction of sp³-hybridized carbons (Fsp3) is 0.476. The van der Waals surface area contributed by atoms with Crippen molar-refractivity contribution in [3.8, 4) is 0 Å². The van der Waals surface area contributed by atoms with Crippen LogP contribution in [0.25, 0.3) is 0 Å². The number of anilines is 1. The molecule has 2 amide bonds. The maximum atomic E-state index is 13.0. The number of aromatic nitrogens is 2. The molecule has 1 aliphatic heterocycles. The number of benzene rings is 1. The summed E-state index contributed by atoms with van der Waals surface area (Å²) < 4.78 is 1.91. The first-order valence-corrected chi connectivity index (χ1v) is 9.47. The zero-order valence-corrected chi connectivity index (χ0v) is 16.8. The first-order valence-electron chi connectivity index (χ1n) is 9.47. The molecule has 0 saturated carbocycles. The number of hydrogen-bond acceptors (Lipinski definition) is 3. The number of hydrogen-bond donors (Lipinski definition) is 2. The molecule has 0 saturated heterocycles. The fourth-order valence-corrected chi connectivity index (χ4v) is 3.36. The van der Waals surface area contributed by atoms with Crippen LogP contribution < -0.4 is 10.6 Å². The highest BCUT2D eigenvalue weighted by Gasteiger charge is 2.29. The standard InChI is InChI=1S/C21H28N4O2/c1-13-9-8-10-15(14(13)2)22-19(26)17-16-11-6-7-12-25(16)18(23-17)20(27)24-21(3,4)5/h8-10H,6-7,11-12H2,1-5H3,(H,22,26)(H,24,27). The van der Waals surface area contributed by atoms with E-state index in [9.17, 15) is 9.59 Å². The van der Waals surface area contributed by atoms with Crippen LogP contribution in [-0.4, -0.2) is 26.9 Å². The van der Waals surface area contributed by atoms with Gasteiger partial charge in [0, 0.05) is 17.8 Å². The quantitative estimate of drug-likeness (QED) is 0.869. The number of amides is 2. The third-order valence-corrected chi connectivity index (χ3v) is 4.88. The van der Waals surface area contributed by atoms with Crippen molar-refractivity contribution in [2.24, 2.45) is 0 Å². The molecule has 6 nitrogen and oxygen atoms in total. The number of aryl methyl sites for hydroxylation is 1. The predicted molar refractivity (Wildman–Crippen MR) is 106 cm³/mol. The molecule has 1 aliphatic rings. The van der Waals surface area contributed by atoms with E-state index in [1.54, 1.807) is 0 Å². The number of imidazole rings is 1. The molecule has 3 rings (SSSR count). The molecular formula is C21H28N4O2. The summed E-state index contributed by atoms with van der Waals surface area (Å²) in [5.74, 6) is -0.175. The van der Waals surface area contributed by atoms with Crippen molar-refractivity contribution < 1.29 is 9.59 Å². The third-order valence-electron chi connectivity index (χ3n) is 4.88. The zero-order chi connectivity index (χ0) is 19.8. The highest BCUT2D eigenvalue weighted by molar-refractivity contribution is 6.05. The van der Waals surface area contributed by atoms with Gasteiger partial charge in [-0.15, -0.1) is 0 Å². The lowest BCUT2D eigenvalue weighted by atomic mass is 10.1. The average molecular weight is 368 g/mol. The lowest BCUT2D eigenvalue weighted by molar-refractivity contribution is 0.0903. The Morgan fingerprint density at radius 2 is 1.85 bits per heavy atom. The molecule has 1 aromatic carbocycles. The Bertz CT molecular complexity index is 890. The minimum absolute atomic E-state index is 0.239. The van der Waals surface area contributed by atoms with Crippen LogP contribution in [0.1, 0.15) is 71.5 Å². The Hall–Kier alpha value is -2.63. The zero-order valence-electron chi connectivity index (χ0n) is 16.8. The van der Waals surface area contributed by atoms with Gasteiger partial charge in [-0.1, -0.05) is 12.1 Å². The van der Waals surface area contributed by atoms with Crippen molar-refractivity contribution in [3.63, 3.8) is 0 Å². The van der Waals surface area contributed by atoms with Gasteiger partial charge in [0.1, 0.15) is 0 Å². The molecule has 0 spiro atoms. The molecule has 2 N–H and O–H groups in total. The second-order valence-electron chi connectivity index (χ2n) is 8.25. The van der Waals surface area contributed by atoms with Gasteiger partial charge in [-0.2, -0.15) is 0 Å². The summed E-state index contributed by atoms with van der Waals surface area (Å²) in [5, 5.41) is 5.92. The number of carbonyl (C=O) groups excluding carboxylic acids is 2. The van der Waals surface area contributed by atoms with Crippen LogP contribution in [-0.2, 0) is 13.0 Å². The normalized spacial score (nSPS) is 13.8. The molecule has 27 heavy (non-hydrogen) atoms. The third kappa shape index (κ3) is 4.04. The minimum Gasteiger partial charge on any atom is -0.345 e. The van der Waals surface area contributed by atoms with E-state index in [1.165, 1.54) is 0 Å². The number of rotatable bonds is 3. The molecular weight excluding hydrogens is 340 g/mol. The molecule has 2 heterocycles. The van der Waals surface area contributed by atoms with Crippen LogP contribution in [0.4, 0.5) is 5.69 Å². The molecule has 0 unspecified atom stereocenters. The van der Waals surface area contributed by atoms with Gasteiger partial charge >= 0.3 is 0 Å². The Labute approximate surface area is 160 Å². The predicted octanol–water partition coefficient (Wildman–Crippen LogP) is 3.62. The number of fused-ring (bicyclic) bond motifs is 1. The smallest absolute Gasteiger partial charge is 0.287 e. The van der Waals surface area contributed by atoms with Crippen LogP contribution in [0.5, 0.6) is 0 Å². The van der Waals surface area contributed by atoms with E-state index in [0.29, 0.717) is 18.1 Å². The first-order chi connectivity index (χ1) is 12.7. The van der Waals surface area contributed by atoms with Gasteiger partial charge in [0.05, 0.1) is 5.69 Å². The largest absolute Gasteiger partial charge is 0.345 e. The van der Waals surface area contributed by atoms with Gasteiger partial charge in [-0.25, -0.2) is 4.98 Å². The van der Waals surface area contributed by atoms with E-state index < -0.39 is 0 Å². The minimum atomic E-state index is -0.362. The van der Waals surface area contributed by atoms with Crippen LogP contribution in [0, 0.1) is 13.8 Å². The average Bonchev–Trinajstić information content (AvgIpc) is 2.97. The van der Waals surface area contributed by atoms with E-state index in [-0.39, 0.29) is 17.4 Å². The van der Waals surface area contributed by atoms with Crippen LogP contribution in [0.2, 0.25) is 0 Å². The summed E-state index contributed by atoms with van der Waals surface area (Å²) in [4.78, 5) is 30.1. The van der Waals surface area contributed by atoms with Crippen LogP contribution in [0.15, 0.2) is 18.2 Å². The van der Waals surface area contributed by atoms with Crippen molar-refractivity contribution in [3.05, 3.63) is 46.5 Å². The van der Waals surface area contributed by atoms with Crippen molar-refractivity contribution in [2.45, 2.75) is 66.0 Å². The van der Waals surface area contributed by atoms with Crippen LogP contribution in [0.3, 0.4) is 0 Å². The lowest BCUT2D eigenvalue weighted by Gasteiger charge is -2.22. The van der Waals surface area contributed by atoms with Gasteiger partial charge < -0.3 is 15.2 Å². The first kappa shape index (κ1) is 19.1. The van der Waals surface area contributed by atoms with E-state index in [2.05, 4.69) is 15.6 Å². The molecule has 0 aliphatic carbocycles. The monoisotopic (exact) mass is 368 g/mol. The van der Waals surface area contributed by atoms with E-state index in [1.807, 2.05) is 57.4 Å². The van der Waals surface area contributed by atoms with Gasteiger partial charge in [0.15, 0.2) is 11.5 Å². The Kier molecular flexibility index (Phi) is 5.09. The van der Waals surface area contributed by atoms with E-state index >= 15 is 0 Å². The van der Waals surface area contributed by atoms with Gasteiger partial charge in [0.2, 0.25) is 0 Å². The fourth-order valence-electron chi connectivity index (χ4n) is 3.36. The highest BCUT2D eigenvalue weighted by Crippen LogP contribution is 2.24. The summed E-state index contributed by atoms with van der Waals surface area (Å²) in [7, 11) is 0. The van der Waals surface area contributed by atoms with Crippen molar-refractivity contribution in [1.82, 2.24) is 14.9 Å². The second-order valence-corrected chi connectivity index (χ2v) is 8.25. The van der Waals surface area contributed by atoms with E-state index in [0.717, 1.165) is 41.8 Å². The molecule has 0 atom stereocenters. The maximum Gasteiger partial charge on any atom is 0.287 e. The second kappa shape index (κ2) is 7.18. The SMILES string of the molecule is Cc1cccc(NC(=O)c2nc(C(=O)NC(C)(C)C)n3c2CCCC3)c1C. The lowest BCUT2D eigenvalue weighted by Crippen LogP contribution is -2.42. The van der Waals surface area contributed by atoms with Gasteiger partial charge in [-0.05, 0) is 71.1 Å². The number of nitrogens with one attached hydrogen (secondary N) is 2. The summed E-state index contributed by atoms with van der Waals surface area (Å²) in [6.07, 6.45) is 2.73. The molecule has 2 aromatic rings. The van der Waals surface area contributed by atoms with Gasteiger partial charge in [-0.3, -0.25) is 9.59 Å². The Balaban J connectivity index is 1.94. The summed E-state index contributed by atoms with van der Waals surface area (Å²) >= 11 is 0. The molecule has 0 radical (unpaired) electrons. The topological polar surface area (TPSA) is 76.0 Å². The summed E-state index contributed by atoms with van der Waals surface area (Å²) in [6.45, 7) is 10.5. The maximum absolute atomic E-state index is 13.0. The Morgan fingerprint density at radius 3 is 2.56 bits per heavy atom. The molecule has 144 valence electrons. The van der Waals surface area contributed by atoms with Crippen molar-refractivity contribution in [1.29, 1.82) is 0 Å². The number of nitrogens with zero attached hydrogens (tertiary/aromatic N) is 2. The Morgan fingerprint density at radius 1 is 1.11 bits per heavy atom. The molecule has 0 bridgehead atoms. The van der Waals surface area contributed by atoms with Gasteiger partial charge in [0.25, 0.3) is 11.8 Å². The number of carbonyl (C=O) groups is 2. The molecule has 1 aromatic heterocycles. The van der Waals surface area contributed by atoms with Crippen molar-refractivity contribution in [2.75, 3.05) is 5.32 Å². The van der Waals surface area contributed by atoms with Crippen LogP contribution >= 0.6 is 0 Å². The molecule has 6 heteroatoms. The highest BCUT2D eigenvalue weighted by atomic mass is 16.2. The van der Waals surface area contributed by atoms with E-state index in [4.69, 9.17) is 0 Å². The molecule has 0 fully saturated rings.